The Kier molecular flexibility index (Phi) is 8.19. The Bertz CT molecular complexity index is 1450. The molecule has 0 radical (unpaired) electrons. The number of aliphatic hydroxyl groups excluding tert-OH is 1. The number of amides is 1. The van der Waals surface area contributed by atoms with Gasteiger partial charge >= 0.3 is 6.09 Å². The van der Waals surface area contributed by atoms with E-state index in [4.69, 9.17) is 9.47 Å². The average molecular weight is 567 g/mol. The van der Waals surface area contributed by atoms with Crippen LogP contribution in [0, 0.1) is 6.92 Å². The monoisotopic (exact) mass is 566 g/mol. The number of nitrogens with one attached hydrogen (secondary N) is 1. The van der Waals surface area contributed by atoms with Gasteiger partial charge in [-0.3, -0.25) is 9.62 Å². The Balaban J connectivity index is 1.71. The molecule has 9 heteroatoms. The zero-order valence-electron chi connectivity index (χ0n) is 23.8. The Morgan fingerprint density at radius 2 is 1.70 bits per heavy atom. The minimum atomic E-state index is -3.84. The zero-order chi connectivity index (χ0) is 29.3. The number of benzene rings is 3. The Hall–Kier alpha value is -3.56. The predicted molar refractivity (Wildman–Crippen MR) is 155 cm³/mol. The number of sulfonamides is 1. The van der Waals surface area contributed by atoms with E-state index < -0.39 is 39.5 Å². The largest absolute Gasteiger partial charge is 0.485 e. The van der Waals surface area contributed by atoms with Crippen molar-refractivity contribution in [3.05, 3.63) is 89.5 Å². The lowest BCUT2D eigenvalue weighted by Gasteiger charge is -2.46. The lowest BCUT2D eigenvalue weighted by molar-refractivity contribution is -0.0937. The highest BCUT2D eigenvalue weighted by atomic mass is 32.2. The number of ether oxygens (including phenoxy) is 2. The number of nitrogens with zero attached hydrogens (tertiary/aromatic N) is 1. The molecule has 0 fully saturated rings. The molecular weight excluding hydrogens is 528 g/mol. The van der Waals surface area contributed by atoms with Gasteiger partial charge in [0.05, 0.1) is 16.6 Å². The summed E-state index contributed by atoms with van der Waals surface area (Å²) in [7, 11) is -3.84. The number of aryl methyl sites for hydroxylation is 1. The van der Waals surface area contributed by atoms with Crippen LogP contribution < -0.4 is 9.46 Å². The van der Waals surface area contributed by atoms with Crippen molar-refractivity contribution in [1.82, 2.24) is 4.90 Å². The Morgan fingerprint density at radius 3 is 2.33 bits per heavy atom. The molecule has 0 bridgehead atoms. The fraction of sp³-hybridized carbons (Fsp3) is 0.387. The topological polar surface area (TPSA) is 105 Å². The highest BCUT2D eigenvalue weighted by Crippen LogP contribution is 2.44. The van der Waals surface area contributed by atoms with Gasteiger partial charge in [-0.15, -0.1) is 0 Å². The molecule has 1 amide bonds. The van der Waals surface area contributed by atoms with Crippen molar-refractivity contribution in [3.8, 4) is 5.75 Å². The molecule has 1 aliphatic heterocycles. The molecule has 0 aromatic heterocycles. The van der Waals surface area contributed by atoms with E-state index in [9.17, 15) is 18.3 Å². The molecule has 2 N–H and O–H groups in total. The van der Waals surface area contributed by atoms with Gasteiger partial charge in [-0.05, 0) is 71.7 Å². The minimum Gasteiger partial charge on any atom is -0.485 e. The molecule has 8 nitrogen and oxygen atoms in total. The van der Waals surface area contributed by atoms with E-state index >= 15 is 0 Å². The van der Waals surface area contributed by atoms with Crippen molar-refractivity contribution in [2.24, 2.45) is 0 Å². The number of carbonyl (C=O) groups excluding carboxylic acids is 1. The molecule has 1 heterocycles. The molecule has 3 aromatic carbocycles. The van der Waals surface area contributed by atoms with Crippen LogP contribution >= 0.6 is 0 Å². The normalized spacial score (nSPS) is 18.3. The predicted octanol–water partition coefficient (Wildman–Crippen LogP) is 5.85. The van der Waals surface area contributed by atoms with E-state index in [0.717, 1.165) is 11.1 Å². The van der Waals surface area contributed by atoms with Gasteiger partial charge in [-0.2, -0.15) is 0 Å². The lowest BCUT2D eigenvalue weighted by atomic mass is 9.85. The average Bonchev–Trinajstić information content (AvgIpc) is 2.85. The van der Waals surface area contributed by atoms with Crippen LogP contribution in [-0.4, -0.2) is 48.4 Å². The first-order valence-corrected chi connectivity index (χ1v) is 14.8. The first-order valence-electron chi connectivity index (χ1n) is 13.3. The summed E-state index contributed by atoms with van der Waals surface area (Å²) in [6, 6.07) is 20.4. The molecule has 0 saturated carbocycles. The van der Waals surface area contributed by atoms with Gasteiger partial charge in [0.2, 0.25) is 0 Å². The lowest BCUT2D eigenvalue weighted by Crippen LogP contribution is -2.55. The van der Waals surface area contributed by atoms with Crippen molar-refractivity contribution in [2.45, 2.75) is 76.2 Å². The van der Waals surface area contributed by atoms with Crippen LogP contribution in [0.25, 0.3) is 0 Å². The molecule has 0 spiro atoms. The maximum absolute atomic E-state index is 13.5. The molecule has 214 valence electrons. The fourth-order valence-electron chi connectivity index (χ4n) is 4.65. The third-order valence-electron chi connectivity index (χ3n) is 6.75. The van der Waals surface area contributed by atoms with Gasteiger partial charge in [0.15, 0.2) is 0 Å². The van der Waals surface area contributed by atoms with E-state index in [2.05, 4.69) is 4.72 Å². The summed E-state index contributed by atoms with van der Waals surface area (Å²) in [4.78, 5) is 15.2. The molecule has 4 rings (SSSR count). The second kappa shape index (κ2) is 11.1. The van der Waals surface area contributed by atoms with Crippen molar-refractivity contribution in [1.29, 1.82) is 0 Å². The smallest absolute Gasteiger partial charge is 0.410 e. The summed E-state index contributed by atoms with van der Waals surface area (Å²) in [6.45, 7) is 11.0. The van der Waals surface area contributed by atoms with E-state index in [1.54, 1.807) is 82.0 Å². The maximum atomic E-state index is 13.5. The standard InChI is InChI=1S/C31H38N2O6S/c1-21-12-15-24(16-13-21)40(36,37)32-23-14-17-25-26(20-23)38-31(5,6)28(34)27(25)33(29(35)39-30(2,3)4)19-18-22-10-8-7-9-11-22/h7-17,20,27-28,32,34H,18-19H2,1-6H3/t27-,28+/m0/s1. The fourth-order valence-corrected chi connectivity index (χ4v) is 5.70. The summed E-state index contributed by atoms with van der Waals surface area (Å²) in [5, 5.41) is 11.5. The van der Waals surface area contributed by atoms with Gasteiger partial charge in [0.1, 0.15) is 23.1 Å². The van der Waals surface area contributed by atoms with Crippen LogP contribution in [0.4, 0.5) is 10.5 Å². The van der Waals surface area contributed by atoms with Crippen LogP contribution in [0.3, 0.4) is 0 Å². The second-order valence-electron chi connectivity index (χ2n) is 11.7. The first kappa shape index (κ1) is 29.4. The highest BCUT2D eigenvalue weighted by molar-refractivity contribution is 7.92. The number of rotatable bonds is 7. The summed E-state index contributed by atoms with van der Waals surface area (Å²) < 4.78 is 40.6. The van der Waals surface area contributed by atoms with Crippen molar-refractivity contribution in [3.63, 3.8) is 0 Å². The van der Waals surface area contributed by atoms with E-state index in [0.29, 0.717) is 23.4 Å². The van der Waals surface area contributed by atoms with E-state index in [-0.39, 0.29) is 11.4 Å². The second-order valence-corrected chi connectivity index (χ2v) is 13.4. The van der Waals surface area contributed by atoms with Crippen LogP contribution in [0.15, 0.2) is 77.7 Å². The number of anilines is 1. The number of fused-ring (bicyclic) bond motifs is 1. The van der Waals surface area contributed by atoms with E-state index in [1.165, 1.54) is 0 Å². The first-order chi connectivity index (χ1) is 18.7. The number of aliphatic hydroxyl groups is 1. The van der Waals surface area contributed by atoms with Gasteiger partial charge in [0.25, 0.3) is 10.0 Å². The summed E-state index contributed by atoms with van der Waals surface area (Å²) in [5.74, 6) is 0.373. The number of carbonyl (C=O) groups is 1. The quantitative estimate of drug-likeness (QED) is 0.372. The summed E-state index contributed by atoms with van der Waals surface area (Å²) in [6.07, 6.45) is -1.09. The third kappa shape index (κ3) is 6.77. The molecular formula is C31H38N2O6S. The molecule has 0 saturated heterocycles. The molecule has 3 aromatic rings. The molecule has 1 aliphatic rings. The molecule has 0 unspecified atom stereocenters. The highest BCUT2D eigenvalue weighted by Gasteiger charge is 2.47. The van der Waals surface area contributed by atoms with Crippen LogP contribution in [0.2, 0.25) is 0 Å². The van der Waals surface area contributed by atoms with Crippen LogP contribution in [-0.2, 0) is 21.2 Å². The number of hydrogen-bond acceptors (Lipinski definition) is 6. The van der Waals surface area contributed by atoms with Crippen molar-refractivity contribution >= 4 is 21.8 Å². The maximum Gasteiger partial charge on any atom is 0.410 e. The van der Waals surface area contributed by atoms with Gasteiger partial charge < -0.3 is 14.6 Å². The van der Waals surface area contributed by atoms with Crippen LogP contribution in [0.5, 0.6) is 5.75 Å². The zero-order valence-corrected chi connectivity index (χ0v) is 24.7. The van der Waals surface area contributed by atoms with Crippen molar-refractivity contribution < 1.29 is 27.8 Å². The van der Waals surface area contributed by atoms with Gasteiger partial charge in [-0.1, -0.05) is 54.1 Å². The summed E-state index contributed by atoms with van der Waals surface area (Å²) in [5.41, 5.74) is 1.03. The van der Waals surface area contributed by atoms with Crippen LogP contribution in [0.1, 0.15) is 57.4 Å². The summed E-state index contributed by atoms with van der Waals surface area (Å²) >= 11 is 0. The molecule has 2 atom stereocenters. The third-order valence-corrected chi connectivity index (χ3v) is 8.15. The Labute approximate surface area is 237 Å². The molecule has 40 heavy (non-hydrogen) atoms. The van der Waals surface area contributed by atoms with Crippen molar-refractivity contribution in [2.75, 3.05) is 11.3 Å². The van der Waals surface area contributed by atoms with Gasteiger partial charge in [0, 0.05) is 18.2 Å². The number of hydrogen-bond donors (Lipinski definition) is 2. The minimum absolute atomic E-state index is 0.141. The van der Waals surface area contributed by atoms with Gasteiger partial charge in [-0.25, -0.2) is 13.2 Å². The molecule has 0 aliphatic carbocycles. The SMILES string of the molecule is Cc1ccc(S(=O)(=O)Nc2ccc3c(c2)OC(C)(C)[C@H](O)[C@H]3N(CCc2ccccc2)C(=O)OC(C)(C)C)cc1. The van der Waals surface area contributed by atoms with E-state index in [1.807, 2.05) is 37.3 Å². The Morgan fingerprint density at radius 1 is 1.05 bits per heavy atom.